The molecule has 0 bridgehead atoms. The van der Waals surface area contributed by atoms with Gasteiger partial charge in [-0.25, -0.2) is 4.90 Å². The summed E-state index contributed by atoms with van der Waals surface area (Å²) in [4.78, 5) is 27.9. The molecule has 0 atom stereocenters. The van der Waals surface area contributed by atoms with Crippen molar-refractivity contribution >= 4 is 40.1 Å². The number of hydrogen-bond donors (Lipinski definition) is 1. The molecule has 9 heteroatoms. The smallest absolute Gasteiger partial charge is 0.416 e. The molecule has 0 spiro atoms. The van der Waals surface area contributed by atoms with Crippen LogP contribution < -0.4 is 15.0 Å². The van der Waals surface area contributed by atoms with Crippen LogP contribution in [-0.2, 0) is 15.8 Å². The number of halogens is 3. The standard InChI is InChI=1S/C22H15F3N2O3S/c1-30-16-6-3-2-5-15(16)26-19-18(17-7-4-12-31-17)20(28)27(21(19)29)14-10-8-13(9-11-14)22(23,24)25/h2-12,26H,1H3. The van der Waals surface area contributed by atoms with Crippen LogP contribution in [0.5, 0.6) is 5.75 Å². The van der Waals surface area contributed by atoms with E-state index in [0.29, 0.717) is 16.3 Å². The lowest BCUT2D eigenvalue weighted by Gasteiger charge is -2.17. The van der Waals surface area contributed by atoms with Gasteiger partial charge in [0.15, 0.2) is 0 Å². The van der Waals surface area contributed by atoms with Gasteiger partial charge in [-0.2, -0.15) is 13.2 Å². The maximum Gasteiger partial charge on any atom is 0.416 e. The zero-order valence-electron chi connectivity index (χ0n) is 16.1. The molecule has 0 aliphatic carbocycles. The van der Waals surface area contributed by atoms with E-state index in [1.165, 1.54) is 18.4 Å². The van der Waals surface area contributed by atoms with Crippen molar-refractivity contribution in [2.75, 3.05) is 17.3 Å². The van der Waals surface area contributed by atoms with Crippen LogP contribution in [0.2, 0.25) is 0 Å². The second kappa shape index (κ2) is 7.92. The van der Waals surface area contributed by atoms with Gasteiger partial charge in [0.2, 0.25) is 0 Å². The van der Waals surface area contributed by atoms with Gasteiger partial charge in [-0.3, -0.25) is 9.59 Å². The predicted octanol–water partition coefficient (Wildman–Crippen LogP) is 5.17. The number of ether oxygens (including phenoxy) is 1. The molecule has 0 saturated heterocycles. The Balaban J connectivity index is 1.76. The van der Waals surface area contributed by atoms with Gasteiger partial charge in [-0.1, -0.05) is 18.2 Å². The first-order valence-corrected chi connectivity index (χ1v) is 9.93. The Bertz CT molecular complexity index is 1170. The number of para-hydroxylation sites is 2. The molecule has 1 N–H and O–H groups in total. The quantitative estimate of drug-likeness (QED) is 0.552. The molecule has 0 fully saturated rings. The lowest BCUT2D eigenvalue weighted by Crippen LogP contribution is -2.32. The minimum Gasteiger partial charge on any atom is -0.495 e. The molecule has 0 saturated carbocycles. The molecule has 2 aromatic carbocycles. The summed E-state index contributed by atoms with van der Waals surface area (Å²) in [5, 5.41) is 4.75. The predicted molar refractivity (Wildman–Crippen MR) is 112 cm³/mol. The van der Waals surface area contributed by atoms with E-state index in [1.807, 2.05) is 0 Å². The van der Waals surface area contributed by atoms with Gasteiger partial charge < -0.3 is 10.1 Å². The Morgan fingerprint density at radius 1 is 0.935 bits per heavy atom. The van der Waals surface area contributed by atoms with E-state index in [4.69, 9.17) is 4.74 Å². The Labute approximate surface area is 179 Å². The van der Waals surface area contributed by atoms with Crippen molar-refractivity contribution in [2.45, 2.75) is 6.18 Å². The normalized spacial score (nSPS) is 14.4. The van der Waals surface area contributed by atoms with E-state index in [0.717, 1.165) is 29.2 Å². The Hall–Kier alpha value is -3.59. The van der Waals surface area contributed by atoms with Gasteiger partial charge in [0.25, 0.3) is 11.8 Å². The third-order valence-corrected chi connectivity index (χ3v) is 5.56. The summed E-state index contributed by atoms with van der Waals surface area (Å²) in [6, 6.07) is 14.2. The fourth-order valence-electron chi connectivity index (χ4n) is 3.21. The summed E-state index contributed by atoms with van der Waals surface area (Å²) in [5.41, 5.74) is -0.171. The average Bonchev–Trinajstić information content (AvgIpc) is 3.35. The summed E-state index contributed by atoms with van der Waals surface area (Å²) in [7, 11) is 1.48. The molecule has 1 aliphatic heterocycles. The third-order valence-electron chi connectivity index (χ3n) is 4.67. The molecule has 3 aromatic rings. The van der Waals surface area contributed by atoms with Gasteiger partial charge in [0.1, 0.15) is 11.4 Å². The molecule has 2 amide bonds. The van der Waals surface area contributed by atoms with Crippen LogP contribution in [-0.4, -0.2) is 18.9 Å². The molecule has 4 rings (SSSR count). The lowest BCUT2D eigenvalue weighted by molar-refractivity contribution is -0.137. The first-order valence-electron chi connectivity index (χ1n) is 9.05. The summed E-state index contributed by atoms with van der Waals surface area (Å²) in [6.07, 6.45) is -4.52. The number of nitrogens with one attached hydrogen (secondary N) is 1. The van der Waals surface area contributed by atoms with E-state index in [-0.39, 0.29) is 17.0 Å². The topological polar surface area (TPSA) is 58.6 Å². The first kappa shape index (κ1) is 20.7. The van der Waals surface area contributed by atoms with E-state index in [1.54, 1.807) is 41.8 Å². The minimum absolute atomic E-state index is 0.0249. The number of thiophene rings is 1. The molecule has 1 aromatic heterocycles. The molecule has 0 unspecified atom stereocenters. The van der Waals surface area contributed by atoms with Crippen LogP contribution in [0.25, 0.3) is 5.57 Å². The summed E-state index contributed by atoms with van der Waals surface area (Å²) in [6.45, 7) is 0. The highest BCUT2D eigenvalue weighted by atomic mass is 32.1. The van der Waals surface area contributed by atoms with E-state index in [9.17, 15) is 22.8 Å². The largest absolute Gasteiger partial charge is 0.495 e. The van der Waals surface area contributed by atoms with Crippen molar-refractivity contribution in [1.29, 1.82) is 0 Å². The van der Waals surface area contributed by atoms with Crippen molar-refractivity contribution in [3.05, 3.63) is 82.2 Å². The van der Waals surface area contributed by atoms with Gasteiger partial charge >= 0.3 is 6.18 Å². The fourth-order valence-corrected chi connectivity index (χ4v) is 3.98. The summed E-state index contributed by atoms with van der Waals surface area (Å²) >= 11 is 1.28. The number of nitrogens with zero attached hydrogens (tertiary/aromatic N) is 1. The monoisotopic (exact) mass is 444 g/mol. The highest BCUT2D eigenvalue weighted by Gasteiger charge is 2.41. The first-order chi connectivity index (χ1) is 14.8. The average molecular weight is 444 g/mol. The highest BCUT2D eigenvalue weighted by molar-refractivity contribution is 7.11. The van der Waals surface area contributed by atoms with Gasteiger partial charge in [0, 0.05) is 4.88 Å². The van der Waals surface area contributed by atoms with Crippen molar-refractivity contribution in [2.24, 2.45) is 0 Å². The van der Waals surface area contributed by atoms with Gasteiger partial charge in [-0.15, -0.1) is 11.3 Å². The zero-order valence-corrected chi connectivity index (χ0v) is 16.9. The Morgan fingerprint density at radius 3 is 2.26 bits per heavy atom. The molecule has 158 valence electrons. The number of benzene rings is 2. The fraction of sp³-hybridized carbons (Fsp3) is 0.0909. The number of imide groups is 1. The molecule has 1 aliphatic rings. The number of rotatable bonds is 5. The molecule has 2 heterocycles. The van der Waals surface area contributed by atoms with Crippen molar-refractivity contribution in [3.8, 4) is 5.75 Å². The summed E-state index contributed by atoms with van der Waals surface area (Å²) < 4.78 is 44.0. The molecular weight excluding hydrogens is 429 g/mol. The number of anilines is 2. The number of hydrogen-bond acceptors (Lipinski definition) is 5. The minimum atomic E-state index is -4.52. The highest BCUT2D eigenvalue weighted by Crippen LogP contribution is 2.38. The Kier molecular flexibility index (Phi) is 5.28. The number of amides is 2. The number of methoxy groups -OCH3 is 1. The van der Waals surface area contributed by atoms with Crippen molar-refractivity contribution < 1.29 is 27.5 Å². The molecule has 31 heavy (non-hydrogen) atoms. The molecule has 0 radical (unpaired) electrons. The van der Waals surface area contributed by atoms with Crippen LogP contribution in [0.15, 0.2) is 71.7 Å². The number of alkyl halides is 3. The lowest BCUT2D eigenvalue weighted by atomic mass is 10.1. The summed E-state index contributed by atoms with van der Waals surface area (Å²) in [5.74, 6) is -0.822. The molecule has 5 nitrogen and oxygen atoms in total. The molecular formula is C22H15F3N2O3S. The van der Waals surface area contributed by atoms with Gasteiger partial charge in [-0.05, 0) is 47.8 Å². The van der Waals surface area contributed by atoms with Crippen LogP contribution in [0, 0.1) is 0 Å². The maximum absolute atomic E-state index is 13.2. The van der Waals surface area contributed by atoms with Crippen LogP contribution in [0.3, 0.4) is 0 Å². The number of carbonyl (C=O) groups excluding carboxylic acids is 2. The third kappa shape index (κ3) is 3.79. The van der Waals surface area contributed by atoms with Crippen molar-refractivity contribution in [3.63, 3.8) is 0 Å². The van der Waals surface area contributed by atoms with Crippen molar-refractivity contribution in [1.82, 2.24) is 0 Å². The van der Waals surface area contributed by atoms with E-state index >= 15 is 0 Å². The Morgan fingerprint density at radius 2 is 1.65 bits per heavy atom. The second-order valence-corrected chi connectivity index (χ2v) is 7.49. The second-order valence-electron chi connectivity index (χ2n) is 6.54. The maximum atomic E-state index is 13.2. The zero-order chi connectivity index (χ0) is 22.2. The van der Waals surface area contributed by atoms with Gasteiger partial charge in [0.05, 0.1) is 29.6 Å². The van der Waals surface area contributed by atoms with Crippen LogP contribution >= 0.6 is 11.3 Å². The SMILES string of the molecule is COc1ccccc1NC1=C(c2cccs2)C(=O)N(c2ccc(C(F)(F)F)cc2)C1=O. The van der Waals surface area contributed by atoms with Crippen LogP contribution in [0.1, 0.15) is 10.4 Å². The number of carbonyl (C=O) groups is 2. The van der Waals surface area contributed by atoms with E-state index in [2.05, 4.69) is 5.32 Å². The van der Waals surface area contributed by atoms with E-state index < -0.39 is 23.6 Å². The van der Waals surface area contributed by atoms with Crippen LogP contribution in [0.4, 0.5) is 24.5 Å².